The second-order valence-corrected chi connectivity index (χ2v) is 15.8. The van der Waals surface area contributed by atoms with E-state index < -0.39 is 88.9 Å². The fraction of sp³-hybridized carbons (Fsp3) is 0.861. The van der Waals surface area contributed by atoms with Gasteiger partial charge < -0.3 is 39.4 Å². The molecule has 1 unspecified atom stereocenters. The van der Waals surface area contributed by atoms with Gasteiger partial charge in [-0.25, -0.2) is 0 Å². The molecule has 4 heterocycles. The quantitative estimate of drug-likeness (QED) is 0.264. The van der Waals surface area contributed by atoms with Gasteiger partial charge in [0.2, 0.25) is 0 Å². The first-order valence-electron chi connectivity index (χ1n) is 17.7. The van der Waals surface area contributed by atoms with Crippen molar-refractivity contribution < 1.29 is 44.2 Å². The van der Waals surface area contributed by atoms with Crippen molar-refractivity contribution in [1.29, 1.82) is 0 Å². The molecule has 0 radical (unpaired) electrons. The van der Waals surface area contributed by atoms with Crippen molar-refractivity contribution in [2.45, 2.75) is 151 Å². The molecule has 2 spiro atoms. The highest BCUT2D eigenvalue weighted by atomic mass is 16.9. The first-order valence-corrected chi connectivity index (χ1v) is 17.7. The van der Waals surface area contributed by atoms with Gasteiger partial charge in [-0.15, -0.1) is 0 Å². The van der Waals surface area contributed by atoms with Crippen LogP contribution in [0.5, 0.6) is 0 Å². The maximum atomic E-state index is 14.4. The van der Waals surface area contributed by atoms with Crippen molar-refractivity contribution in [3.8, 4) is 0 Å². The fourth-order valence-electron chi connectivity index (χ4n) is 11.2. The zero-order valence-electron chi connectivity index (χ0n) is 27.5. The van der Waals surface area contributed by atoms with Gasteiger partial charge in [-0.1, -0.05) is 91.2 Å². The van der Waals surface area contributed by atoms with E-state index in [1.165, 1.54) is 32.1 Å². The molecule has 45 heavy (non-hydrogen) atoms. The Kier molecular flexibility index (Phi) is 7.86. The van der Waals surface area contributed by atoms with E-state index in [0.717, 1.165) is 38.5 Å². The minimum absolute atomic E-state index is 0.0152. The van der Waals surface area contributed by atoms with E-state index in [0.29, 0.717) is 5.57 Å². The minimum Gasteiger partial charge on any atom is -0.393 e. The Morgan fingerprint density at radius 3 is 2.24 bits per heavy atom. The molecular formula is C36H54O9. The van der Waals surface area contributed by atoms with Gasteiger partial charge in [0.1, 0.15) is 29.5 Å². The van der Waals surface area contributed by atoms with Crippen LogP contribution in [0.2, 0.25) is 0 Å². The predicted molar refractivity (Wildman–Crippen MR) is 165 cm³/mol. The van der Waals surface area contributed by atoms with E-state index in [1.807, 2.05) is 26.8 Å². The maximum Gasteiger partial charge on any atom is 0.306 e. The lowest BCUT2D eigenvalue weighted by atomic mass is 9.51. The Morgan fingerprint density at radius 2 is 1.60 bits per heavy atom. The molecule has 3 aliphatic carbocycles. The molecule has 7 aliphatic rings. The van der Waals surface area contributed by atoms with Crippen LogP contribution in [0.15, 0.2) is 24.3 Å². The van der Waals surface area contributed by atoms with Crippen LogP contribution in [0.3, 0.4) is 0 Å². The van der Waals surface area contributed by atoms with E-state index >= 15 is 0 Å². The average molecular weight is 631 g/mol. The lowest BCUT2D eigenvalue weighted by molar-refractivity contribution is -0.414. The molecular weight excluding hydrogens is 576 g/mol. The predicted octanol–water partition coefficient (Wildman–Crippen LogP) is 3.95. The number of carbonyl (C=O) groups is 1. The molecule has 4 aliphatic heterocycles. The molecule has 0 aromatic heterocycles. The molecule has 0 aromatic rings. The number of aliphatic hydroxyl groups is 4. The number of ether oxygens (including phenoxy) is 4. The molecule has 7 rings (SSSR count). The smallest absolute Gasteiger partial charge is 0.306 e. The van der Waals surface area contributed by atoms with Crippen LogP contribution < -0.4 is 0 Å². The molecule has 6 fully saturated rings. The Hall–Kier alpha value is -1.17. The van der Waals surface area contributed by atoms with Crippen LogP contribution in [-0.2, 0) is 23.7 Å². The SMILES string of the molecule is C=C(C)[C@]12O[C@@]34/C=C\CCCCCCCCCCCC(C)[C@H]5[C@H](C)C(=O)[C@@]6(O)[C@H](O)[C@@]7(CO)O[C@H]7[C@@H]([C@H]1O3)[C@](O4)([C@H](C)[C@H]2O)[C@H]56. The number of hydrogen-bond donors (Lipinski definition) is 4. The van der Waals surface area contributed by atoms with Crippen LogP contribution in [0.1, 0.15) is 98.3 Å². The van der Waals surface area contributed by atoms with E-state index in [-0.39, 0.29) is 11.8 Å². The Morgan fingerprint density at radius 1 is 0.956 bits per heavy atom. The second-order valence-electron chi connectivity index (χ2n) is 15.8. The standard InChI is InChI=1S/C36H54O9/c1-20(2)35-28(39)23(5)36-25-29-32(19-37,42-29)31(40)34(41)26(36)24(22(4)27(34)38)21(3)17-15-13-11-9-7-6-8-10-12-14-16-18-33(44-35,45-36)43-30(25)35/h16,18,21-26,28-31,37,39-41H,1,6-15,17,19H2,2-5H3/b18-16-/t21?,22-,23+,24-,25-,26+,28+,29-,30+,31+,32-,33+,34+,35+,36+/m0/s1. The summed E-state index contributed by atoms with van der Waals surface area (Å²) >= 11 is 0. The number of hydrogen-bond acceptors (Lipinski definition) is 9. The van der Waals surface area contributed by atoms with Crippen LogP contribution in [0.25, 0.3) is 0 Å². The molecule has 9 nitrogen and oxygen atoms in total. The third-order valence-electron chi connectivity index (χ3n) is 13.4. The first kappa shape index (κ1) is 32.4. The maximum absolute atomic E-state index is 14.4. The Labute approximate surface area is 267 Å². The van der Waals surface area contributed by atoms with Crippen molar-refractivity contribution in [1.82, 2.24) is 0 Å². The van der Waals surface area contributed by atoms with E-state index in [2.05, 4.69) is 13.5 Å². The van der Waals surface area contributed by atoms with E-state index in [9.17, 15) is 25.2 Å². The van der Waals surface area contributed by atoms with Crippen LogP contribution >= 0.6 is 0 Å². The van der Waals surface area contributed by atoms with Gasteiger partial charge in [-0.05, 0) is 37.2 Å². The number of ketones is 1. The van der Waals surface area contributed by atoms with Gasteiger partial charge in [-0.3, -0.25) is 4.79 Å². The number of rotatable bonds is 2. The molecule has 3 saturated carbocycles. The van der Waals surface area contributed by atoms with Crippen molar-refractivity contribution in [2.75, 3.05) is 6.61 Å². The Bertz CT molecular complexity index is 1240. The summed E-state index contributed by atoms with van der Waals surface area (Å²) in [6.07, 6.45) is 11.4. The summed E-state index contributed by atoms with van der Waals surface area (Å²) in [6.45, 7) is 11.4. The third kappa shape index (κ3) is 4.05. The Balaban J connectivity index is 1.44. The second kappa shape index (κ2) is 10.9. The lowest BCUT2D eigenvalue weighted by Crippen LogP contribution is -2.77. The van der Waals surface area contributed by atoms with E-state index in [1.54, 1.807) is 6.08 Å². The molecule has 0 aromatic carbocycles. The molecule has 0 amide bonds. The zero-order valence-corrected chi connectivity index (χ0v) is 27.5. The monoisotopic (exact) mass is 630 g/mol. The van der Waals surface area contributed by atoms with E-state index in [4.69, 9.17) is 18.9 Å². The minimum atomic E-state index is -2.28. The number of Topliss-reactive ketones (excluding diaryl/α,β-unsaturated/α-hetero) is 1. The number of carbonyl (C=O) groups excluding carboxylic acids is 1. The normalized spacial score (nSPS) is 56.8. The third-order valence-corrected chi connectivity index (χ3v) is 13.4. The van der Waals surface area contributed by atoms with Gasteiger partial charge in [0.15, 0.2) is 11.4 Å². The molecule has 3 saturated heterocycles. The molecule has 9 heteroatoms. The largest absolute Gasteiger partial charge is 0.393 e. The van der Waals surface area contributed by atoms with Gasteiger partial charge in [0, 0.05) is 29.7 Å². The van der Waals surface area contributed by atoms with Gasteiger partial charge in [-0.2, -0.15) is 0 Å². The van der Waals surface area contributed by atoms with Crippen molar-refractivity contribution in [3.05, 3.63) is 24.3 Å². The van der Waals surface area contributed by atoms with Gasteiger partial charge in [0.25, 0.3) is 0 Å². The van der Waals surface area contributed by atoms with Crippen molar-refractivity contribution >= 4 is 5.78 Å². The van der Waals surface area contributed by atoms with Crippen molar-refractivity contribution in [2.24, 2.45) is 35.5 Å². The lowest BCUT2D eigenvalue weighted by Gasteiger charge is -2.62. The summed E-state index contributed by atoms with van der Waals surface area (Å²) in [5, 5.41) is 48.0. The van der Waals surface area contributed by atoms with Gasteiger partial charge >= 0.3 is 5.97 Å². The van der Waals surface area contributed by atoms with Gasteiger partial charge in [0.05, 0.1) is 18.3 Å². The fourth-order valence-corrected chi connectivity index (χ4v) is 11.2. The molecule has 3 bridgehead atoms. The molecule has 252 valence electrons. The average Bonchev–Trinajstić information content (AvgIpc) is 3.64. The van der Waals surface area contributed by atoms with Crippen molar-refractivity contribution in [3.63, 3.8) is 0 Å². The van der Waals surface area contributed by atoms with Crippen LogP contribution in [-0.4, -0.2) is 85.6 Å². The highest BCUT2D eigenvalue weighted by molar-refractivity contribution is 5.93. The van der Waals surface area contributed by atoms with Crippen LogP contribution in [0, 0.1) is 35.5 Å². The highest BCUT2D eigenvalue weighted by Crippen LogP contribution is 2.74. The van der Waals surface area contributed by atoms with Crippen LogP contribution in [0.4, 0.5) is 0 Å². The summed E-state index contributed by atoms with van der Waals surface area (Å²) in [6, 6.07) is 0. The molecule has 15 atom stereocenters. The highest BCUT2D eigenvalue weighted by Gasteiger charge is 2.91. The molecule has 4 N–H and O–H groups in total. The topological polar surface area (TPSA) is 138 Å². The summed E-state index contributed by atoms with van der Waals surface area (Å²) in [5.74, 6) is -5.32. The number of allylic oxidation sites excluding steroid dienone is 1. The first-order chi connectivity index (χ1) is 21.4. The summed E-state index contributed by atoms with van der Waals surface area (Å²) in [7, 11) is 0. The number of aliphatic hydroxyl groups excluding tert-OH is 3. The zero-order chi connectivity index (χ0) is 32.2. The summed E-state index contributed by atoms with van der Waals surface area (Å²) < 4.78 is 27.0. The summed E-state index contributed by atoms with van der Waals surface area (Å²) in [5.41, 5.74) is -6.03. The number of epoxide rings is 1. The number of fused-ring (bicyclic) bond motifs is 1. The summed E-state index contributed by atoms with van der Waals surface area (Å²) in [4.78, 5) is 14.4.